The van der Waals surface area contributed by atoms with Crippen molar-refractivity contribution in [2.75, 3.05) is 6.54 Å². The number of hydrogen-bond donors (Lipinski definition) is 2. The van der Waals surface area contributed by atoms with Crippen molar-refractivity contribution in [1.29, 1.82) is 0 Å². The van der Waals surface area contributed by atoms with E-state index < -0.39 is 6.09 Å². The predicted octanol–water partition coefficient (Wildman–Crippen LogP) is 3.54. The first-order chi connectivity index (χ1) is 12.2. The zero-order valence-corrected chi connectivity index (χ0v) is 14.0. The predicted molar refractivity (Wildman–Crippen MR) is 97.0 cm³/mol. The molecule has 25 heavy (non-hydrogen) atoms. The number of hydrogen-bond acceptors (Lipinski definition) is 3. The van der Waals surface area contributed by atoms with Gasteiger partial charge in [-0.15, -0.1) is 0 Å². The average Bonchev–Trinajstić information content (AvgIpc) is 3.01. The lowest BCUT2D eigenvalue weighted by Gasteiger charge is -2.05. The Labute approximate surface area is 146 Å². The lowest BCUT2D eigenvalue weighted by atomic mass is 10.1. The van der Waals surface area contributed by atoms with E-state index in [-0.39, 0.29) is 6.61 Å². The number of nitrogens with one attached hydrogen (secondary N) is 2. The fourth-order valence-electron chi connectivity index (χ4n) is 2.39. The van der Waals surface area contributed by atoms with Gasteiger partial charge in [0.1, 0.15) is 6.61 Å². The third-order valence-corrected chi connectivity index (χ3v) is 3.71. The fraction of sp³-hybridized carbons (Fsp3) is 0.200. The van der Waals surface area contributed by atoms with Crippen molar-refractivity contribution < 1.29 is 9.53 Å². The molecule has 0 saturated heterocycles. The number of carbonyl (C=O) groups excluding carboxylic acids is 1. The molecule has 0 radical (unpaired) electrons. The molecule has 2 N–H and O–H groups in total. The van der Waals surface area contributed by atoms with Crippen LogP contribution < -0.4 is 5.32 Å². The number of fused-ring (bicyclic) bond motifs is 1. The summed E-state index contributed by atoms with van der Waals surface area (Å²) in [7, 11) is 0. The van der Waals surface area contributed by atoms with Gasteiger partial charge in [-0.1, -0.05) is 42.2 Å². The van der Waals surface area contributed by atoms with Gasteiger partial charge in [0.15, 0.2) is 0 Å². The molecule has 5 heteroatoms. The highest BCUT2D eigenvalue weighted by molar-refractivity contribution is 5.82. The lowest BCUT2D eigenvalue weighted by Crippen LogP contribution is -2.24. The molecule has 0 aliphatic carbocycles. The zero-order chi connectivity index (χ0) is 17.5. The Kier molecular flexibility index (Phi) is 5.32. The Hall–Kier alpha value is -3.26. The summed E-state index contributed by atoms with van der Waals surface area (Å²) in [5, 5.41) is 11.0. The van der Waals surface area contributed by atoms with Gasteiger partial charge >= 0.3 is 6.09 Å². The second-order valence-corrected chi connectivity index (χ2v) is 5.62. The fourth-order valence-corrected chi connectivity index (χ4v) is 2.39. The Morgan fingerprint density at radius 3 is 2.92 bits per heavy atom. The number of H-pyrrole nitrogens is 1. The molecule has 0 unspecified atom stereocenters. The van der Waals surface area contributed by atoms with E-state index in [9.17, 15) is 4.79 Å². The van der Waals surface area contributed by atoms with Crippen molar-refractivity contribution in [1.82, 2.24) is 15.5 Å². The van der Waals surface area contributed by atoms with Gasteiger partial charge in [-0.3, -0.25) is 5.10 Å². The summed E-state index contributed by atoms with van der Waals surface area (Å²) in [5.74, 6) is 6.13. The molecule has 2 aromatic carbocycles. The standard InChI is InChI=1S/C20H19N3O2/c1-15-18-11-10-16(13-19(18)23-22-15)7-5-6-12-21-20(24)25-14-17-8-3-2-4-9-17/h2-4,8-11,13H,6,12,14H2,1H3,(H,21,24)(H,22,23). The van der Waals surface area contributed by atoms with Crippen molar-refractivity contribution in [3.05, 3.63) is 65.4 Å². The number of alkyl carbamates (subject to hydrolysis) is 1. The van der Waals surface area contributed by atoms with E-state index in [2.05, 4.69) is 27.4 Å². The second-order valence-electron chi connectivity index (χ2n) is 5.62. The molecule has 3 aromatic rings. The monoisotopic (exact) mass is 333 g/mol. The summed E-state index contributed by atoms with van der Waals surface area (Å²) in [6.45, 7) is 2.70. The minimum Gasteiger partial charge on any atom is -0.445 e. The molecular formula is C20H19N3O2. The third-order valence-electron chi connectivity index (χ3n) is 3.71. The van der Waals surface area contributed by atoms with Crippen LogP contribution in [-0.4, -0.2) is 22.8 Å². The number of aromatic amines is 1. The molecule has 5 nitrogen and oxygen atoms in total. The number of aromatic nitrogens is 2. The summed E-state index contributed by atoms with van der Waals surface area (Å²) in [6.07, 6.45) is 0.122. The molecule has 1 aromatic heterocycles. The van der Waals surface area contributed by atoms with E-state index in [0.29, 0.717) is 13.0 Å². The summed E-state index contributed by atoms with van der Waals surface area (Å²) < 4.78 is 5.13. The zero-order valence-electron chi connectivity index (χ0n) is 14.0. The van der Waals surface area contributed by atoms with Crippen LogP contribution in [0.25, 0.3) is 10.9 Å². The largest absolute Gasteiger partial charge is 0.445 e. The molecule has 0 spiro atoms. The molecule has 0 fully saturated rings. The van der Waals surface area contributed by atoms with Crippen LogP contribution in [0, 0.1) is 18.8 Å². The molecule has 1 amide bonds. The van der Waals surface area contributed by atoms with Crippen molar-refractivity contribution >= 4 is 17.0 Å². The maximum Gasteiger partial charge on any atom is 0.407 e. The molecule has 0 saturated carbocycles. The lowest BCUT2D eigenvalue weighted by molar-refractivity contribution is 0.140. The second kappa shape index (κ2) is 8.02. The Morgan fingerprint density at radius 2 is 2.08 bits per heavy atom. The van der Waals surface area contributed by atoms with Crippen molar-refractivity contribution in [2.45, 2.75) is 20.0 Å². The van der Waals surface area contributed by atoms with Crippen LogP contribution in [-0.2, 0) is 11.3 Å². The number of nitrogens with zero attached hydrogens (tertiary/aromatic N) is 1. The average molecular weight is 333 g/mol. The molecule has 0 atom stereocenters. The van der Waals surface area contributed by atoms with Crippen LogP contribution in [0.15, 0.2) is 48.5 Å². The van der Waals surface area contributed by atoms with Crippen LogP contribution in [0.3, 0.4) is 0 Å². The first kappa shape index (κ1) is 16.6. The van der Waals surface area contributed by atoms with Gasteiger partial charge in [0.25, 0.3) is 0 Å². The molecular weight excluding hydrogens is 314 g/mol. The van der Waals surface area contributed by atoms with Crippen molar-refractivity contribution in [2.24, 2.45) is 0 Å². The third kappa shape index (κ3) is 4.61. The molecule has 126 valence electrons. The summed E-state index contributed by atoms with van der Waals surface area (Å²) in [4.78, 5) is 11.6. The van der Waals surface area contributed by atoms with Crippen molar-refractivity contribution in [3.63, 3.8) is 0 Å². The Balaban J connectivity index is 1.42. The highest BCUT2D eigenvalue weighted by atomic mass is 16.5. The number of benzene rings is 2. The minimum atomic E-state index is -0.431. The van der Waals surface area contributed by atoms with E-state index in [1.807, 2.05) is 55.5 Å². The van der Waals surface area contributed by atoms with Gasteiger partial charge in [0.05, 0.1) is 5.52 Å². The Bertz CT molecular complexity index is 920. The highest BCUT2D eigenvalue weighted by Gasteiger charge is 2.02. The first-order valence-corrected chi connectivity index (χ1v) is 8.10. The van der Waals surface area contributed by atoms with Gasteiger partial charge in [-0.25, -0.2) is 4.79 Å². The minimum absolute atomic E-state index is 0.265. The SMILES string of the molecule is Cc1[nH]nc2cc(C#CCCNC(=O)OCc3ccccc3)ccc12. The highest BCUT2D eigenvalue weighted by Crippen LogP contribution is 2.16. The van der Waals surface area contributed by atoms with Gasteiger partial charge in [0.2, 0.25) is 0 Å². The van der Waals surface area contributed by atoms with Gasteiger partial charge in [-0.05, 0) is 30.7 Å². The van der Waals surface area contributed by atoms with E-state index >= 15 is 0 Å². The summed E-state index contributed by atoms with van der Waals surface area (Å²) in [6, 6.07) is 15.5. The number of aryl methyl sites for hydroxylation is 1. The maximum atomic E-state index is 11.6. The first-order valence-electron chi connectivity index (χ1n) is 8.10. The number of rotatable bonds is 4. The summed E-state index contributed by atoms with van der Waals surface area (Å²) >= 11 is 0. The van der Waals surface area contributed by atoms with E-state index in [1.165, 1.54) is 0 Å². The van der Waals surface area contributed by atoms with Crippen LogP contribution in [0.4, 0.5) is 4.79 Å². The quantitative estimate of drug-likeness (QED) is 0.567. The molecule has 3 rings (SSSR count). The van der Waals surface area contributed by atoms with Crippen LogP contribution in [0.1, 0.15) is 23.2 Å². The topological polar surface area (TPSA) is 67.0 Å². The van der Waals surface area contributed by atoms with Gasteiger partial charge in [-0.2, -0.15) is 5.10 Å². The molecule has 1 heterocycles. The number of ether oxygens (including phenoxy) is 1. The van der Waals surface area contributed by atoms with Crippen LogP contribution in [0.2, 0.25) is 0 Å². The van der Waals surface area contributed by atoms with E-state index in [0.717, 1.165) is 27.7 Å². The molecule has 0 aliphatic heterocycles. The van der Waals surface area contributed by atoms with Crippen LogP contribution >= 0.6 is 0 Å². The normalized spacial score (nSPS) is 10.1. The molecule has 0 bridgehead atoms. The van der Waals surface area contributed by atoms with Gasteiger partial charge in [0, 0.05) is 29.6 Å². The molecule has 0 aliphatic rings. The van der Waals surface area contributed by atoms with E-state index in [1.54, 1.807) is 0 Å². The smallest absolute Gasteiger partial charge is 0.407 e. The van der Waals surface area contributed by atoms with Crippen LogP contribution in [0.5, 0.6) is 0 Å². The number of carbonyl (C=O) groups is 1. The summed E-state index contributed by atoms with van der Waals surface area (Å²) in [5.41, 5.74) is 3.83. The van der Waals surface area contributed by atoms with Gasteiger partial charge < -0.3 is 10.1 Å². The van der Waals surface area contributed by atoms with E-state index in [4.69, 9.17) is 4.74 Å². The number of amides is 1. The van der Waals surface area contributed by atoms with Crippen molar-refractivity contribution in [3.8, 4) is 11.8 Å². The Morgan fingerprint density at radius 1 is 1.24 bits per heavy atom. The maximum absolute atomic E-state index is 11.6.